The molecule has 0 aliphatic heterocycles. The molecule has 4 nitrogen and oxygen atoms in total. The van der Waals surface area contributed by atoms with Crippen LogP contribution in [0.4, 0.5) is 19.3 Å². The third-order valence-electron chi connectivity index (χ3n) is 2.57. The Bertz CT molecular complexity index is 428. The SMILES string of the molecule is CCCCOCCCNC(=O)Nc1cc(F)ccc1F. The van der Waals surface area contributed by atoms with E-state index >= 15 is 0 Å². The average Bonchev–Trinajstić information content (AvgIpc) is 2.42. The van der Waals surface area contributed by atoms with Crippen molar-refractivity contribution in [1.29, 1.82) is 0 Å². The minimum atomic E-state index is -0.676. The molecule has 0 bridgehead atoms. The predicted molar refractivity (Wildman–Crippen MR) is 73.7 cm³/mol. The molecule has 20 heavy (non-hydrogen) atoms. The molecule has 0 atom stereocenters. The van der Waals surface area contributed by atoms with E-state index in [2.05, 4.69) is 17.6 Å². The Morgan fingerprint density at radius 1 is 1.25 bits per heavy atom. The second kappa shape index (κ2) is 9.25. The summed E-state index contributed by atoms with van der Waals surface area (Å²) < 4.78 is 31.5. The number of nitrogens with one attached hydrogen (secondary N) is 2. The van der Waals surface area contributed by atoms with Crippen LogP contribution in [0.25, 0.3) is 0 Å². The van der Waals surface area contributed by atoms with Crippen LogP contribution >= 0.6 is 0 Å². The molecular formula is C14H20F2N2O2. The van der Waals surface area contributed by atoms with E-state index in [1.165, 1.54) is 0 Å². The van der Waals surface area contributed by atoms with Crippen molar-refractivity contribution in [3.63, 3.8) is 0 Å². The number of benzene rings is 1. The summed E-state index contributed by atoms with van der Waals surface area (Å²) in [5, 5.41) is 4.81. The normalized spacial score (nSPS) is 10.3. The number of carbonyl (C=O) groups excluding carboxylic acids is 1. The van der Waals surface area contributed by atoms with Crippen molar-refractivity contribution in [1.82, 2.24) is 5.32 Å². The Morgan fingerprint density at radius 3 is 2.75 bits per heavy atom. The third kappa shape index (κ3) is 6.47. The van der Waals surface area contributed by atoms with Crippen molar-refractivity contribution in [2.24, 2.45) is 0 Å². The summed E-state index contributed by atoms with van der Waals surface area (Å²) >= 11 is 0. The summed E-state index contributed by atoms with van der Waals surface area (Å²) in [6.45, 7) is 3.78. The molecule has 0 aliphatic rings. The van der Waals surface area contributed by atoms with Crippen molar-refractivity contribution >= 4 is 11.7 Å². The molecule has 0 radical (unpaired) electrons. The van der Waals surface area contributed by atoms with Gasteiger partial charge < -0.3 is 15.4 Å². The summed E-state index contributed by atoms with van der Waals surface area (Å²) in [6, 6.07) is 2.32. The van der Waals surface area contributed by atoms with E-state index in [0.29, 0.717) is 19.6 Å². The zero-order valence-electron chi connectivity index (χ0n) is 11.5. The molecule has 6 heteroatoms. The highest BCUT2D eigenvalue weighted by molar-refractivity contribution is 5.89. The van der Waals surface area contributed by atoms with Crippen LogP contribution in [0.3, 0.4) is 0 Å². The molecule has 0 saturated carbocycles. The lowest BCUT2D eigenvalue weighted by Gasteiger charge is -2.08. The first kappa shape index (κ1) is 16.4. The highest BCUT2D eigenvalue weighted by atomic mass is 19.1. The molecule has 0 aromatic heterocycles. The largest absolute Gasteiger partial charge is 0.381 e. The number of hydrogen-bond donors (Lipinski definition) is 2. The van der Waals surface area contributed by atoms with Gasteiger partial charge in [-0.25, -0.2) is 13.6 Å². The molecule has 112 valence electrons. The van der Waals surface area contributed by atoms with Crippen LogP contribution < -0.4 is 10.6 Å². The van der Waals surface area contributed by atoms with Crippen LogP contribution in [0, 0.1) is 11.6 Å². The summed E-state index contributed by atoms with van der Waals surface area (Å²) in [5.74, 6) is -1.28. The summed E-state index contributed by atoms with van der Waals surface area (Å²) in [5.41, 5.74) is -0.179. The van der Waals surface area contributed by atoms with E-state index < -0.39 is 17.7 Å². The molecule has 1 aromatic rings. The second-order valence-corrected chi connectivity index (χ2v) is 4.32. The topological polar surface area (TPSA) is 50.4 Å². The van der Waals surface area contributed by atoms with Gasteiger partial charge in [0.05, 0.1) is 5.69 Å². The van der Waals surface area contributed by atoms with E-state index in [4.69, 9.17) is 4.74 Å². The van der Waals surface area contributed by atoms with Crippen molar-refractivity contribution in [2.45, 2.75) is 26.2 Å². The monoisotopic (exact) mass is 286 g/mol. The lowest BCUT2D eigenvalue weighted by molar-refractivity contribution is 0.129. The first-order valence-electron chi connectivity index (χ1n) is 6.71. The number of ether oxygens (including phenoxy) is 1. The van der Waals surface area contributed by atoms with Crippen molar-refractivity contribution in [2.75, 3.05) is 25.1 Å². The predicted octanol–water partition coefficient (Wildman–Crippen LogP) is 3.29. The minimum Gasteiger partial charge on any atom is -0.381 e. The van der Waals surface area contributed by atoms with Gasteiger partial charge in [0, 0.05) is 25.8 Å². The fraction of sp³-hybridized carbons (Fsp3) is 0.500. The highest BCUT2D eigenvalue weighted by Crippen LogP contribution is 2.14. The Balaban J connectivity index is 2.19. The molecule has 0 fully saturated rings. The van der Waals surface area contributed by atoms with Gasteiger partial charge in [-0.15, -0.1) is 0 Å². The molecule has 1 aromatic carbocycles. The zero-order valence-corrected chi connectivity index (χ0v) is 11.5. The fourth-order valence-corrected chi connectivity index (χ4v) is 1.48. The van der Waals surface area contributed by atoms with Crippen LogP contribution in [0.2, 0.25) is 0 Å². The standard InChI is InChI=1S/C14H20F2N2O2/c1-2-3-8-20-9-4-7-17-14(19)18-13-10-11(15)5-6-12(13)16/h5-6,10H,2-4,7-9H2,1H3,(H2,17,18,19). The number of carbonyl (C=O) groups is 1. The number of halogens is 2. The van der Waals surface area contributed by atoms with Gasteiger partial charge in [-0.3, -0.25) is 0 Å². The Labute approximate surface area is 117 Å². The molecule has 0 spiro atoms. The first-order valence-corrected chi connectivity index (χ1v) is 6.71. The van der Waals surface area contributed by atoms with Gasteiger partial charge in [-0.1, -0.05) is 13.3 Å². The fourth-order valence-electron chi connectivity index (χ4n) is 1.48. The molecule has 1 rings (SSSR count). The summed E-state index contributed by atoms with van der Waals surface area (Å²) in [6.07, 6.45) is 2.77. The first-order chi connectivity index (χ1) is 9.63. The van der Waals surface area contributed by atoms with E-state index in [1.807, 2.05) is 0 Å². The van der Waals surface area contributed by atoms with Crippen molar-refractivity contribution < 1.29 is 18.3 Å². The smallest absolute Gasteiger partial charge is 0.319 e. The van der Waals surface area contributed by atoms with Gasteiger partial charge in [0.25, 0.3) is 0 Å². The van der Waals surface area contributed by atoms with Gasteiger partial charge in [0.2, 0.25) is 0 Å². The quantitative estimate of drug-likeness (QED) is 0.720. The van der Waals surface area contributed by atoms with Gasteiger partial charge in [0.15, 0.2) is 0 Å². The molecule has 0 saturated heterocycles. The van der Waals surface area contributed by atoms with E-state index in [-0.39, 0.29) is 5.69 Å². The van der Waals surface area contributed by atoms with Crippen LogP contribution in [0.15, 0.2) is 18.2 Å². The number of amides is 2. The van der Waals surface area contributed by atoms with Gasteiger partial charge in [-0.05, 0) is 25.0 Å². The zero-order chi connectivity index (χ0) is 14.8. The van der Waals surface area contributed by atoms with Crippen LogP contribution in [-0.4, -0.2) is 25.8 Å². The van der Waals surface area contributed by atoms with Gasteiger partial charge >= 0.3 is 6.03 Å². The molecule has 0 unspecified atom stereocenters. The number of rotatable bonds is 8. The second-order valence-electron chi connectivity index (χ2n) is 4.32. The Morgan fingerprint density at radius 2 is 2.00 bits per heavy atom. The summed E-state index contributed by atoms with van der Waals surface area (Å²) in [7, 11) is 0. The van der Waals surface area contributed by atoms with Crippen molar-refractivity contribution in [3.8, 4) is 0 Å². The van der Waals surface area contributed by atoms with Crippen LogP contribution in [-0.2, 0) is 4.74 Å². The lowest BCUT2D eigenvalue weighted by Crippen LogP contribution is -2.30. The molecule has 2 amide bonds. The van der Waals surface area contributed by atoms with Gasteiger partial charge in [0.1, 0.15) is 11.6 Å². The highest BCUT2D eigenvalue weighted by Gasteiger charge is 2.07. The van der Waals surface area contributed by atoms with Crippen LogP contribution in [0.5, 0.6) is 0 Å². The maximum atomic E-state index is 13.3. The minimum absolute atomic E-state index is 0.179. The molecular weight excluding hydrogens is 266 g/mol. The van der Waals surface area contributed by atoms with Gasteiger partial charge in [-0.2, -0.15) is 0 Å². The number of hydrogen-bond acceptors (Lipinski definition) is 2. The molecule has 0 aliphatic carbocycles. The van der Waals surface area contributed by atoms with Crippen molar-refractivity contribution in [3.05, 3.63) is 29.8 Å². The summed E-state index contributed by atoms with van der Waals surface area (Å²) in [4.78, 5) is 11.5. The van der Waals surface area contributed by atoms with E-state index in [1.54, 1.807) is 0 Å². The van der Waals surface area contributed by atoms with Crippen LogP contribution in [0.1, 0.15) is 26.2 Å². The maximum Gasteiger partial charge on any atom is 0.319 e. The van der Waals surface area contributed by atoms with E-state index in [0.717, 1.165) is 37.6 Å². The maximum absolute atomic E-state index is 13.3. The third-order valence-corrected chi connectivity index (χ3v) is 2.57. The average molecular weight is 286 g/mol. The number of anilines is 1. The lowest BCUT2D eigenvalue weighted by atomic mass is 10.3. The number of unbranched alkanes of at least 4 members (excludes halogenated alkanes) is 1. The molecule has 0 heterocycles. The Hall–Kier alpha value is -1.69. The number of urea groups is 1. The Kier molecular flexibility index (Phi) is 7.57. The van der Waals surface area contributed by atoms with E-state index in [9.17, 15) is 13.6 Å². The molecule has 2 N–H and O–H groups in total.